The maximum atomic E-state index is 8.86. The normalized spacial score (nSPS) is 29.0. The Morgan fingerprint density at radius 3 is 3.00 bits per heavy atom. The van der Waals surface area contributed by atoms with Crippen LogP contribution in [0.15, 0.2) is 12.2 Å². The quantitative estimate of drug-likeness (QED) is 0.448. The fourth-order valence-corrected chi connectivity index (χ4v) is 1.60. The Morgan fingerprint density at radius 1 is 1.80 bits per heavy atom. The molecule has 1 aliphatic rings. The number of hydrogen-bond acceptors (Lipinski definition) is 2. The van der Waals surface area contributed by atoms with Gasteiger partial charge in [-0.15, -0.1) is 0 Å². The molecule has 0 aromatic heterocycles. The maximum Gasteiger partial charge on any atom is 0.0497 e. The summed E-state index contributed by atoms with van der Waals surface area (Å²) in [4.78, 5) is 0. The van der Waals surface area contributed by atoms with Crippen molar-refractivity contribution < 1.29 is 5.11 Å². The van der Waals surface area contributed by atoms with E-state index in [0.29, 0.717) is 5.92 Å². The van der Waals surface area contributed by atoms with E-state index in [4.69, 9.17) is 5.11 Å². The molecule has 2 unspecified atom stereocenters. The van der Waals surface area contributed by atoms with E-state index in [1.54, 1.807) is 0 Å². The molecule has 0 amide bonds. The van der Waals surface area contributed by atoms with Gasteiger partial charge in [0.05, 0.1) is 0 Å². The van der Waals surface area contributed by atoms with Gasteiger partial charge >= 0.3 is 0 Å². The van der Waals surface area contributed by atoms with Crippen LogP contribution in [0.2, 0.25) is 0 Å². The lowest BCUT2D eigenvalue weighted by Crippen LogP contribution is -2.29. The molecule has 0 aromatic rings. The highest BCUT2D eigenvalue weighted by Crippen LogP contribution is 2.22. The lowest BCUT2D eigenvalue weighted by Gasteiger charge is -2.29. The second-order valence-electron chi connectivity index (χ2n) is 2.80. The van der Waals surface area contributed by atoms with Crippen LogP contribution < -0.4 is 0 Å². The summed E-state index contributed by atoms with van der Waals surface area (Å²) in [5.41, 5.74) is 1.16. The average Bonchev–Trinajstić information content (AvgIpc) is 1.88. The lowest BCUT2D eigenvalue weighted by molar-refractivity contribution is 0.214. The SMILES string of the molecule is C=C1CN(P)CCC1CO. The summed E-state index contributed by atoms with van der Waals surface area (Å²) in [6, 6.07) is 0. The van der Waals surface area contributed by atoms with Gasteiger partial charge in [-0.25, -0.2) is 0 Å². The molecule has 1 heterocycles. The smallest absolute Gasteiger partial charge is 0.0497 e. The van der Waals surface area contributed by atoms with Crippen LogP contribution in [0, 0.1) is 5.92 Å². The molecule has 2 nitrogen and oxygen atoms in total. The van der Waals surface area contributed by atoms with Crippen molar-refractivity contribution >= 4 is 9.39 Å². The molecule has 0 aliphatic carbocycles. The lowest BCUT2D eigenvalue weighted by atomic mass is 9.95. The van der Waals surface area contributed by atoms with Crippen molar-refractivity contribution in [3.63, 3.8) is 0 Å². The standard InChI is InChI=1S/C7H14NOP/c1-6-4-8(10)3-2-7(6)5-9/h7,9H,1-5,10H2. The van der Waals surface area contributed by atoms with Gasteiger partial charge < -0.3 is 5.11 Å². The Balaban J connectivity index is 2.43. The van der Waals surface area contributed by atoms with E-state index in [0.717, 1.165) is 25.1 Å². The Morgan fingerprint density at radius 2 is 2.50 bits per heavy atom. The summed E-state index contributed by atoms with van der Waals surface area (Å²) in [7, 11) is 2.66. The summed E-state index contributed by atoms with van der Waals surface area (Å²) in [6.45, 7) is 6.13. The van der Waals surface area contributed by atoms with Gasteiger partial charge in [0.1, 0.15) is 0 Å². The zero-order valence-corrected chi connectivity index (χ0v) is 7.24. The van der Waals surface area contributed by atoms with Crippen molar-refractivity contribution in [3.8, 4) is 0 Å². The van der Waals surface area contributed by atoms with E-state index in [9.17, 15) is 0 Å². The van der Waals surface area contributed by atoms with Gasteiger partial charge in [-0.3, -0.25) is 4.67 Å². The van der Waals surface area contributed by atoms with Gasteiger partial charge in [0.15, 0.2) is 0 Å². The van der Waals surface area contributed by atoms with Crippen LogP contribution in [0.3, 0.4) is 0 Å². The van der Waals surface area contributed by atoms with Gasteiger partial charge in [-0.1, -0.05) is 21.5 Å². The molecule has 1 fully saturated rings. The number of aliphatic hydroxyl groups is 1. The minimum absolute atomic E-state index is 0.261. The summed E-state index contributed by atoms with van der Waals surface area (Å²) in [5, 5.41) is 8.86. The third kappa shape index (κ3) is 1.79. The third-order valence-electron chi connectivity index (χ3n) is 1.97. The van der Waals surface area contributed by atoms with Crippen LogP contribution in [0.25, 0.3) is 0 Å². The Kier molecular flexibility index (Phi) is 2.84. The molecule has 0 radical (unpaired) electrons. The molecule has 1 saturated heterocycles. The molecule has 1 rings (SSSR count). The predicted molar refractivity (Wildman–Crippen MR) is 45.6 cm³/mol. The van der Waals surface area contributed by atoms with E-state index in [1.165, 1.54) is 0 Å². The van der Waals surface area contributed by atoms with E-state index in [2.05, 4.69) is 20.6 Å². The fraction of sp³-hybridized carbons (Fsp3) is 0.714. The topological polar surface area (TPSA) is 23.5 Å². The third-order valence-corrected chi connectivity index (χ3v) is 2.41. The Labute approximate surface area is 64.2 Å². The number of hydrogen-bond donors (Lipinski definition) is 1. The minimum Gasteiger partial charge on any atom is -0.396 e. The maximum absolute atomic E-state index is 8.86. The van der Waals surface area contributed by atoms with Gasteiger partial charge in [0.25, 0.3) is 0 Å². The zero-order valence-electron chi connectivity index (χ0n) is 6.08. The molecule has 58 valence electrons. The minimum atomic E-state index is 0.261. The molecular formula is C7H14NOP. The highest BCUT2D eigenvalue weighted by molar-refractivity contribution is 7.13. The molecule has 0 spiro atoms. The Hall–Kier alpha value is 0.0900. The van der Waals surface area contributed by atoms with Gasteiger partial charge in [-0.2, -0.15) is 0 Å². The van der Waals surface area contributed by atoms with Crippen LogP contribution >= 0.6 is 9.39 Å². The van der Waals surface area contributed by atoms with Gasteiger partial charge in [0, 0.05) is 25.6 Å². The summed E-state index contributed by atoms with van der Waals surface area (Å²) in [6.07, 6.45) is 1.04. The van der Waals surface area contributed by atoms with Crippen molar-refractivity contribution in [1.29, 1.82) is 0 Å². The van der Waals surface area contributed by atoms with Crippen LogP contribution in [-0.2, 0) is 0 Å². The summed E-state index contributed by atoms with van der Waals surface area (Å²) in [5.74, 6) is 0.344. The largest absolute Gasteiger partial charge is 0.396 e. The van der Waals surface area contributed by atoms with Crippen LogP contribution in [0.4, 0.5) is 0 Å². The number of rotatable bonds is 1. The van der Waals surface area contributed by atoms with Crippen LogP contribution in [-0.4, -0.2) is 29.5 Å². The predicted octanol–water partition coefficient (Wildman–Crippen LogP) is 0.647. The molecule has 1 N–H and O–H groups in total. The monoisotopic (exact) mass is 159 g/mol. The molecule has 0 saturated carbocycles. The van der Waals surface area contributed by atoms with Crippen molar-refractivity contribution in [2.75, 3.05) is 19.7 Å². The van der Waals surface area contributed by atoms with Gasteiger partial charge in [0.2, 0.25) is 0 Å². The molecule has 0 aromatic carbocycles. The van der Waals surface area contributed by atoms with Crippen molar-refractivity contribution in [3.05, 3.63) is 12.2 Å². The van der Waals surface area contributed by atoms with E-state index < -0.39 is 0 Å². The van der Waals surface area contributed by atoms with E-state index in [-0.39, 0.29) is 6.61 Å². The summed E-state index contributed by atoms with van der Waals surface area (Å²) < 4.78 is 2.15. The van der Waals surface area contributed by atoms with Gasteiger partial charge in [-0.05, 0) is 6.42 Å². The molecule has 3 heteroatoms. The van der Waals surface area contributed by atoms with Crippen molar-refractivity contribution in [2.24, 2.45) is 5.92 Å². The number of piperidine rings is 1. The highest BCUT2D eigenvalue weighted by atomic mass is 31.0. The molecule has 2 atom stereocenters. The molecular weight excluding hydrogens is 145 g/mol. The first-order chi connectivity index (χ1) is 4.74. The van der Waals surface area contributed by atoms with Crippen LogP contribution in [0.5, 0.6) is 0 Å². The Bertz CT molecular complexity index is 138. The highest BCUT2D eigenvalue weighted by Gasteiger charge is 2.18. The zero-order chi connectivity index (χ0) is 7.56. The first kappa shape index (κ1) is 8.19. The average molecular weight is 159 g/mol. The molecule has 1 aliphatic heterocycles. The van der Waals surface area contributed by atoms with Crippen molar-refractivity contribution in [2.45, 2.75) is 6.42 Å². The second-order valence-corrected chi connectivity index (χ2v) is 3.53. The van der Waals surface area contributed by atoms with Crippen LogP contribution in [0.1, 0.15) is 6.42 Å². The van der Waals surface area contributed by atoms with E-state index in [1.807, 2.05) is 0 Å². The fourth-order valence-electron chi connectivity index (χ4n) is 1.22. The van der Waals surface area contributed by atoms with E-state index >= 15 is 0 Å². The number of aliphatic hydroxyl groups excluding tert-OH is 1. The number of nitrogens with zero attached hydrogens (tertiary/aromatic N) is 1. The van der Waals surface area contributed by atoms with Crippen molar-refractivity contribution in [1.82, 2.24) is 4.67 Å². The second kappa shape index (κ2) is 3.47. The first-order valence-electron chi connectivity index (χ1n) is 3.52. The summed E-state index contributed by atoms with van der Waals surface area (Å²) >= 11 is 0. The first-order valence-corrected chi connectivity index (χ1v) is 4.04. The molecule has 0 bridgehead atoms. The molecule has 10 heavy (non-hydrogen) atoms.